The van der Waals surface area contributed by atoms with Crippen LogP contribution < -0.4 is 5.32 Å². The molecule has 1 atom stereocenters. The van der Waals surface area contributed by atoms with Crippen molar-refractivity contribution in [3.05, 3.63) is 39.9 Å². The number of nitro groups is 1. The van der Waals surface area contributed by atoms with E-state index < -0.39 is 0 Å². The van der Waals surface area contributed by atoms with Crippen molar-refractivity contribution >= 4 is 19.2 Å². The van der Waals surface area contributed by atoms with E-state index in [4.69, 9.17) is 10.00 Å². The van der Waals surface area contributed by atoms with Gasteiger partial charge in [-0.1, -0.05) is 12.1 Å². The first kappa shape index (κ1) is 19.4. The molecule has 0 radical (unpaired) electrons. The standard InChI is InChI=1S/C15H20N4O3.H2S/c16-5-2-8-22-12-15-10-17-6-7-18(15)11-13-3-1-4-14(9-13)19(20)21;/h1,3-4,9,15,17H,2,6-8,10-12H2;1H2. The van der Waals surface area contributed by atoms with E-state index in [1.807, 2.05) is 6.07 Å². The van der Waals surface area contributed by atoms with E-state index >= 15 is 0 Å². The molecule has 2 rings (SSSR count). The quantitative estimate of drug-likeness (QED) is 0.459. The highest BCUT2D eigenvalue weighted by Crippen LogP contribution is 2.16. The molecule has 1 heterocycles. The molecule has 1 fully saturated rings. The van der Waals surface area contributed by atoms with Crippen molar-refractivity contribution in [2.24, 2.45) is 0 Å². The molecule has 1 unspecified atom stereocenters. The summed E-state index contributed by atoms with van der Waals surface area (Å²) in [4.78, 5) is 12.7. The van der Waals surface area contributed by atoms with Crippen LogP contribution >= 0.6 is 13.5 Å². The molecule has 7 nitrogen and oxygen atoms in total. The van der Waals surface area contributed by atoms with Gasteiger partial charge in [-0.3, -0.25) is 15.0 Å². The third-order valence-electron chi connectivity index (χ3n) is 3.65. The van der Waals surface area contributed by atoms with Crippen LogP contribution in [0.5, 0.6) is 0 Å². The average Bonchev–Trinajstić information content (AvgIpc) is 2.53. The predicted octanol–water partition coefficient (Wildman–Crippen LogP) is 1.41. The fraction of sp³-hybridized carbons (Fsp3) is 0.533. The molecule has 0 saturated carbocycles. The first-order valence-corrected chi connectivity index (χ1v) is 7.33. The van der Waals surface area contributed by atoms with E-state index in [2.05, 4.69) is 16.3 Å². The summed E-state index contributed by atoms with van der Waals surface area (Å²) in [5, 5.41) is 22.7. The summed E-state index contributed by atoms with van der Waals surface area (Å²) in [6.45, 7) is 4.25. The molecule has 0 aliphatic carbocycles. The first-order valence-electron chi connectivity index (χ1n) is 7.33. The smallest absolute Gasteiger partial charge is 0.269 e. The van der Waals surface area contributed by atoms with Gasteiger partial charge in [-0.25, -0.2) is 0 Å². The van der Waals surface area contributed by atoms with Crippen LogP contribution in [0, 0.1) is 21.4 Å². The normalized spacial score (nSPS) is 18.0. The second-order valence-corrected chi connectivity index (χ2v) is 5.24. The lowest BCUT2D eigenvalue weighted by molar-refractivity contribution is -0.384. The van der Waals surface area contributed by atoms with Crippen molar-refractivity contribution < 1.29 is 9.66 Å². The van der Waals surface area contributed by atoms with Gasteiger partial charge in [-0.05, 0) is 5.56 Å². The van der Waals surface area contributed by atoms with E-state index in [0.717, 1.165) is 25.2 Å². The molecule has 0 bridgehead atoms. The van der Waals surface area contributed by atoms with E-state index in [9.17, 15) is 10.1 Å². The van der Waals surface area contributed by atoms with Crippen LogP contribution in [0.4, 0.5) is 5.69 Å². The van der Waals surface area contributed by atoms with E-state index in [0.29, 0.717) is 26.2 Å². The zero-order valence-electron chi connectivity index (χ0n) is 12.9. The van der Waals surface area contributed by atoms with Crippen LogP contribution in [0.25, 0.3) is 0 Å². The number of nitro benzene ring substituents is 1. The number of nitrogens with one attached hydrogen (secondary N) is 1. The molecule has 1 aromatic rings. The number of ether oxygens (including phenoxy) is 1. The van der Waals surface area contributed by atoms with Crippen molar-refractivity contribution in [2.75, 3.05) is 32.8 Å². The van der Waals surface area contributed by atoms with Gasteiger partial charge in [0.05, 0.1) is 30.6 Å². The molecule has 8 heteroatoms. The van der Waals surface area contributed by atoms with Gasteiger partial charge in [-0.2, -0.15) is 18.8 Å². The first-order chi connectivity index (χ1) is 10.7. The molecule has 1 aliphatic rings. The molecule has 0 spiro atoms. The van der Waals surface area contributed by atoms with Crippen molar-refractivity contribution in [1.82, 2.24) is 10.2 Å². The van der Waals surface area contributed by atoms with Crippen LogP contribution in [0.1, 0.15) is 12.0 Å². The third-order valence-corrected chi connectivity index (χ3v) is 3.65. The predicted molar refractivity (Wildman–Crippen MR) is 91.6 cm³/mol. The third kappa shape index (κ3) is 6.15. The monoisotopic (exact) mass is 338 g/mol. The maximum atomic E-state index is 10.8. The zero-order chi connectivity index (χ0) is 15.8. The molecular formula is C15H22N4O3S. The summed E-state index contributed by atoms with van der Waals surface area (Å²) < 4.78 is 5.53. The van der Waals surface area contributed by atoms with Crippen molar-refractivity contribution in [3.63, 3.8) is 0 Å². The highest BCUT2D eigenvalue weighted by molar-refractivity contribution is 7.59. The molecule has 1 N–H and O–H groups in total. The number of hydrogen-bond acceptors (Lipinski definition) is 6. The molecule has 0 amide bonds. The Hall–Kier alpha value is -1.66. The van der Waals surface area contributed by atoms with Crippen LogP contribution in [0.15, 0.2) is 24.3 Å². The summed E-state index contributed by atoms with van der Waals surface area (Å²) in [5.41, 5.74) is 1.05. The number of hydrogen-bond donors (Lipinski definition) is 1. The van der Waals surface area contributed by atoms with Crippen molar-refractivity contribution in [2.45, 2.75) is 19.0 Å². The molecular weight excluding hydrogens is 316 g/mol. The largest absolute Gasteiger partial charge is 0.379 e. The number of benzene rings is 1. The number of piperazine rings is 1. The summed E-state index contributed by atoms with van der Waals surface area (Å²) in [6.07, 6.45) is 0.394. The van der Waals surface area contributed by atoms with Crippen molar-refractivity contribution in [3.8, 4) is 6.07 Å². The summed E-state index contributed by atoms with van der Waals surface area (Å²) in [6, 6.07) is 9.02. The fourth-order valence-electron chi connectivity index (χ4n) is 2.52. The van der Waals surface area contributed by atoms with Gasteiger partial charge in [-0.15, -0.1) is 0 Å². The summed E-state index contributed by atoms with van der Waals surface area (Å²) >= 11 is 0. The lowest BCUT2D eigenvalue weighted by Gasteiger charge is -2.36. The van der Waals surface area contributed by atoms with Crippen LogP contribution in [0.3, 0.4) is 0 Å². The Balaban J connectivity index is 0.00000264. The van der Waals surface area contributed by atoms with Gasteiger partial charge in [0.15, 0.2) is 0 Å². The number of nitriles is 1. The highest BCUT2D eigenvalue weighted by atomic mass is 32.1. The molecule has 1 saturated heterocycles. The molecule has 1 aromatic carbocycles. The van der Waals surface area contributed by atoms with Gasteiger partial charge in [0.1, 0.15) is 0 Å². The van der Waals surface area contributed by atoms with Gasteiger partial charge < -0.3 is 10.1 Å². The second kappa shape index (κ2) is 10.2. The molecule has 1 aliphatic heterocycles. The Morgan fingerprint density at radius 1 is 1.52 bits per heavy atom. The maximum absolute atomic E-state index is 10.8. The highest BCUT2D eigenvalue weighted by Gasteiger charge is 2.22. The minimum absolute atomic E-state index is 0. The summed E-state index contributed by atoms with van der Waals surface area (Å²) in [7, 11) is 0. The van der Waals surface area contributed by atoms with Crippen molar-refractivity contribution in [1.29, 1.82) is 5.26 Å². The van der Waals surface area contributed by atoms with Gasteiger partial charge in [0.25, 0.3) is 5.69 Å². The number of non-ortho nitro benzene ring substituents is 1. The molecule has 126 valence electrons. The lowest BCUT2D eigenvalue weighted by atomic mass is 10.1. The van der Waals surface area contributed by atoms with Crippen LogP contribution in [0.2, 0.25) is 0 Å². The zero-order valence-corrected chi connectivity index (χ0v) is 13.9. The lowest BCUT2D eigenvalue weighted by Crippen LogP contribution is -2.52. The number of nitrogens with zero attached hydrogens (tertiary/aromatic N) is 3. The van der Waals surface area contributed by atoms with E-state index in [1.54, 1.807) is 12.1 Å². The topological polar surface area (TPSA) is 91.4 Å². The van der Waals surface area contributed by atoms with Crippen LogP contribution in [-0.2, 0) is 11.3 Å². The average molecular weight is 338 g/mol. The Bertz CT molecular complexity index is 550. The Labute approximate surface area is 142 Å². The number of rotatable bonds is 7. The Kier molecular flexibility index (Phi) is 8.58. The van der Waals surface area contributed by atoms with E-state index in [-0.39, 0.29) is 30.1 Å². The SMILES string of the molecule is N#CCCOCC1CNCCN1Cc1cccc([N+](=O)[O-])c1.S. The van der Waals surface area contributed by atoms with E-state index in [1.165, 1.54) is 6.07 Å². The van der Waals surface area contributed by atoms with Gasteiger partial charge in [0, 0.05) is 44.4 Å². The molecule has 23 heavy (non-hydrogen) atoms. The Morgan fingerprint density at radius 2 is 2.35 bits per heavy atom. The van der Waals surface area contributed by atoms with Gasteiger partial charge in [0.2, 0.25) is 0 Å². The van der Waals surface area contributed by atoms with Crippen LogP contribution in [-0.4, -0.2) is 48.7 Å². The van der Waals surface area contributed by atoms with Gasteiger partial charge >= 0.3 is 0 Å². The second-order valence-electron chi connectivity index (χ2n) is 5.24. The fourth-order valence-corrected chi connectivity index (χ4v) is 2.52. The minimum atomic E-state index is -0.371. The summed E-state index contributed by atoms with van der Waals surface area (Å²) in [5.74, 6) is 0. The molecule has 0 aromatic heterocycles. The maximum Gasteiger partial charge on any atom is 0.269 e. The Morgan fingerprint density at radius 3 is 3.09 bits per heavy atom. The minimum Gasteiger partial charge on any atom is -0.379 e.